The monoisotopic (exact) mass is 352 g/mol. The number of rotatable bonds is 3. The molecule has 0 aromatic heterocycles. The molecule has 0 radical (unpaired) electrons. The van der Waals surface area contributed by atoms with Crippen LogP contribution in [-0.2, 0) is 14.6 Å². The van der Waals surface area contributed by atoms with E-state index in [2.05, 4.69) is 10.5 Å². The summed E-state index contributed by atoms with van der Waals surface area (Å²) in [7, 11) is -4.12. The number of sulfone groups is 1. The van der Waals surface area contributed by atoms with E-state index in [1.54, 1.807) is 35.8 Å². The predicted octanol–water partition coefficient (Wildman–Crippen LogP) is 1.53. The van der Waals surface area contributed by atoms with Crippen LogP contribution in [0.1, 0.15) is 0 Å². The fourth-order valence-electron chi connectivity index (χ4n) is 1.65. The Kier molecular flexibility index (Phi) is 5.32. The van der Waals surface area contributed by atoms with Gasteiger partial charge in [-0.1, -0.05) is 29.8 Å². The zero-order valence-electron chi connectivity index (χ0n) is 11.7. The quantitative estimate of drug-likeness (QED) is 0.255. The molecule has 2 aromatic rings. The van der Waals surface area contributed by atoms with E-state index in [-0.39, 0.29) is 4.90 Å². The number of amides is 1. The largest absolute Gasteiger partial charge is 0.297 e. The van der Waals surface area contributed by atoms with Gasteiger partial charge in [-0.2, -0.15) is 5.10 Å². The molecule has 4 N–H and O–H groups in total. The maximum absolute atomic E-state index is 12.5. The highest BCUT2D eigenvalue weighted by Gasteiger charge is 2.29. The number of halogens is 1. The lowest BCUT2D eigenvalue weighted by atomic mass is 10.3. The molecule has 0 aliphatic heterocycles. The molecule has 0 bridgehead atoms. The van der Waals surface area contributed by atoms with Crippen LogP contribution in [0.15, 0.2) is 64.6 Å². The zero-order chi connectivity index (χ0) is 16.9. The van der Waals surface area contributed by atoms with E-state index in [9.17, 15) is 13.2 Å². The highest BCUT2D eigenvalue weighted by molar-refractivity contribution is 8.08. The smallest absolute Gasteiger partial charge is 0.288 e. The second-order valence-corrected chi connectivity index (χ2v) is 6.63. The normalized spacial score (nSPS) is 11.8. The molecule has 0 saturated heterocycles. The van der Waals surface area contributed by atoms with E-state index in [1.165, 1.54) is 24.3 Å². The van der Waals surface area contributed by atoms with Gasteiger partial charge in [0.2, 0.25) is 14.9 Å². The Balaban J connectivity index is 2.39. The Morgan fingerprint density at radius 2 is 1.65 bits per heavy atom. The standard InChI is InChI=1S/C14H13ClN4O3S/c15-10-6-8-11(9-7-10)18-19-14(13(20)17-16)23(21,22)12-4-2-1-3-5-12/h1-9,18H,16H2,(H,17,20). The first-order chi connectivity index (χ1) is 10.9. The Morgan fingerprint density at radius 3 is 2.22 bits per heavy atom. The lowest BCUT2D eigenvalue weighted by Crippen LogP contribution is -2.40. The molecule has 9 heteroatoms. The van der Waals surface area contributed by atoms with Gasteiger partial charge >= 0.3 is 0 Å². The number of carbonyl (C=O) groups is 1. The highest BCUT2D eigenvalue weighted by Crippen LogP contribution is 2.15. The molecule has 0 heterocycles. The van der Waals surface area contributed by atoms with E-state index in [1.807, 2.05) is 0 Å². The number of anilines is 1. The molecule has 23 heavy (non-hydrogen) atoms. The maximum atomic E-state index is 12.5. The van der Waals surface area contributed by atoms with Gasteiger partial charge in [-0.05, 0) is 36.4 Å². The van der Waals surface area contributed by atoms with Crippen molar-refractivity contribution in [3.63, 3.8) is 0 Å². The summed E-state index contributed by atoms with van der Waals surface area (Å²) < 4.78 is 25.0. The molecule has 7 nitrogen and oxygen atoms in total. The lowest BCUT2D eigenvalue weighted by molar-refractivity contribution is -0.114. The number of nitrogens with two attached hydrogens (primary N) is 1. The molecule has 0 unspecified atom stereocenters. The fourth-order valence-corrected chi connectivity index (χ4v) is 2.98. The molecule has 0 fully saturated rings. The third kappa shape index (κ3) is 4.07. The van der Waals surface area contributed by atoms with Crippen molar-refractivity contribution in [1.82, 2.24) is 5.43 Å². The molecule has 0 aliphatic rings. The number of benzene rings is 2. The van der Waals surface area contributed by atoms with Crippen LogP contribution in [0, 0.1) is 0 Å². The average molecular weight is 353 g/mol. The number of hydrogen-bond acceptors (Lipinski definition) is 6. The molecular weight excluding hydrogens is 340 g/mol. The molecule has 0 atom stereocenters. The Morgan fingerprint density at radius 1 is 1.04 bits per heavy atom. The molecule has 120 valence electrons. The Bertz CT molecular complexity index is 821. The summed E-state index contributed by atoms with van der Waals surface area (Å²) in [6.45, 7) is 0. The highest BCUT2D eigenvalue weighted by atomic mass is 35.5. The minimum Gasteiger partial charge on any atom is -0.288 e. The van der Waals surface area contributed by atoms with Gasteiger partial charge < -0.3 is 0 Å². The van der Waals surface area contributed by atoms with Crippen molar-refractivity contribution in [1.29, 1.82) is 0 Å². The van der Waals surface area contributed by atoms with Crippen molar-refractivity contribution >= 4 is 38.1 Å². The summed E-state index contributed by atoms with van der Waals surface area (Å²) in [6.07, 6.45) is 0. The van der Waals surface area contributed by atoms with Crippen LogP contribution < -0.4 is 16.7 Å². The van der Waals surface area contributed by atoms with Gasteiger partial charge in [0.1, 0.15) is 0 Å². The van der Waals surface area contributed by atoms with Gasteiger partial charge in [0, 0.05) is 5.02 Å². The summed E-state index contributed by atoms with van der Waals surface area (Å²) in [6, 6.07) is 13.8. The van der Waals surface area contributed by atoms with Crippen LogP contribution in [0.2, 0.25) is 5.02 Å². The van der Waals surface area contributed by atoms with Crippen LogP contribution in [0.3, 0.4) is 0 Å². The number of hydrazine groups is 1. The summed E-state index contributed by atoms with van der Waals surface area (Å²) in [5.74, 6) is 4.01. The third-order valence-electron chi connectivity index (χ3n) is 2.76. The minimum absolute atomic E-state index is 0.0692. The molecule has 0 aliphatic carbocycles. The van der Waals surface area contributed by atoms with Gasteiger partial charge in [-0.25, -0.2) is 14.3 Å². The molecule has 0 spiro atoms. The molecule has 2 aromatic carbocycles. The van der Waals surface area contributed by atoms with Crippen LogP contribution in [0.4, 0.5) is 5.69 Å². The fraction of sp³-hybridized carbons (Fsp3) is 0. The second kappa shape index (κ2) is 7.23. The van der Waals surface area contributed by atoms with Crippen molar-refractivity contribution in [2.24, 2.45) is 10.9 Å². The van der Waals surface area contributed by atoms with E-state index in [0.717, 1.165) is 0 Å². The summed E-state index contributed by atoms with van der Waals surface area (Å²) in [5.41, 5.74) is 4.73. The molecule has 2 rings (SSSR count). The van der Waals surface area contributed by atoms with Crippen LogP contribution in [-0.4, -0.2) is 19.4 Å². The minimum atomic E-state index is -4.12. The van der Waals surface area contributed by atoms with Crippen molar-refractivity contribution in [3.8, 4) is 0 Å². The number of hydrogen-bond donors (Lipinski definition) is 3. The lowest BCUT2D eigenvalue weighted by Gasteiger charge is -2.08. The third-order valence-corrected chi connectivity index (χ3v) is 4.69. The zero-order valence-corrected chi connectivity index (χ0v) is 13.3. The molecular formula is C14H13ClN4O3S. The molecule has 0 saturated carbocycles. The first-order valence-electron chi connectivity index (χ1n) is 6.35. The van der Waals surface area contributed by atoms with E-state index < -0.39 is 20.8 Å². The van der Waals surface area contributed by atoms with Crippen molar-refractivity contribution < 1.29 is 13.2 Å². The summed E-state index contributed by atoms with van der Waals surface area (Å²) >= 11 is 5.76. The van der Waals surface area contributed by atoms with Crippen molar-refractivity contribution in [2.75, 3.05) is 5.43 Å². The van der Waals surface area contributed by atoms with Crippen molar-refractivity contribution in [3.05, 3.63) is 59.6 Å². The second-order valence-electron chi connectivity index (χ2n) is 4.33. The van der Waals surface area contributed by atoms with Gasteiger partial charge in [-0.15, -0.1) is 0 Å². The van der Waals surface area contributed by atoms with E-state index in [0.29, 0.717) is 10.7 Å². The van der Waals surface area contributed by atoms with Gasteiger partial charge in [-0.3, -0.25) is 15.6 Å². The first-order valence-corrected chi connectivity index (χ1v) is 8.21. The van der Waals surface area contributed by atoms with Gasteiger partial charge in [0.15, 0.2) is 0 Å². The summed E-state index contributed by atoms with van der Waals surface area (Å²) in [5, 5.41) is 3.45. The average Bonchev–Trinajstić information content (AvgIpc) is 2.57. The van der Waals surface area contributed by atoms with Crippen LogP contribution in [0.5, 0.6) is 0 Å². The number of nitrogens with one attached hydrogen (secondary N) is 2. The number of nitrogens with zero attached hydrogens (tertiary/aromatic N) is 1. The Hall–Kier alpha value is -2.42. The van der Waals surface area contributed by atoms with Crippen molar-refractivity contribution in [2.45, 2.75) is 4.90 Å². The first kappa shape index (κ1) is 16.9. The topological polar surface area (TPSA) is 114 Å². The van der Waals surface area contributed by atoms with Gasteiger partial charge in [0.05, 0.1) is 10.6 Å². The SMILES string of the molecule is NNC(=O)C(=NNc1ccc(Cl)cc1)S(=O)(=O)c1ccccc1. The summed E-state index contributed by atoms with van der Waals surface area (Å²) in [4.78, 5) is 11.7. The number of carbonyl (C=O) groups excluding carboxylic acids is 1. The van der Waals surface area contributed by atoms with E-state index in [4.69, 9.17) is 17.4 Å². The predicted molar refractivity (Wildman–Crippen MR) is 88.5 cm³/mol. The maximum Gasteiger partial charge on any atom is 0.297 e. The van der Waals surface area contributed by atoms with E-state index >= 15 is 0 Å². The number of hydrazone groups is 1. The van der Waals surface area contributed by atoms with Crippen LogP contribution >= 0.6 is 11.6 Å². The van der Waals surface area contributed by atoms with Gasteiger partial charge in [0.25, 0.3) is 5.91 Å². The van der Waals surface area contributed by atoms with Crippen LogP contribution in [0.25, 0.3) is 0 Å². The molecule has 1 amide bonds. The Labute approximate surface area is 138 Å².